The van der Waals surface area contributed by atoms with Gasteiger partial charge in [-0.2, -0.15) is 5.10 Å². The van der Waals surface area contributed by atoms with Crippen molar-refractivity contribution in [2.24, 2.45) is 0 Å². The topological polar surface area (TPSA) is 67.7 Å². The van der Waals surface area contributed by atoms with Crippen molar-refractivity contribution < 1.29 is 18.7 Å². The molecule has 0 unspecified atom stereocenters. The molecule has 7 nitrogen and oxygen atoms in total. The fourth-order valence-electron chi connectivity index (χ4n) is 3.57. The van der Waals surface area contributed by atoms with E-state index in [4.69, 9.17) is 4.74 Å². The van der Waals surface area contributed by atoms with E-state index in [2.05, 4.69) is 5.10 Å². The van der Waals surface area contributed by atoms with Crippen LogP contribution in [0, 0.1) is 5.82 Å². The number of piperazine rings is 1. The van der Waals surface area contributed by atoms with Gasteiger partial charge in [0.2, 0.25) is 0 Å². The molecule has 0 N–H and O–H groups in total. The second-order valence-corrected chi connectivity index (χ2v) is 7.12. The molecule has 2 amide bonds. The van der Waals surface area contributed by atoms with E-state index in [0.717, 1.165) is 0 Å². The summed E-state index contributed by atoms with van der Waals surface area (Å²) in [4.78, 5) is 28.6. The second kappa shape index (κ2) is 8.99. The Morgan fingerprint density at radius 3 is 2.29 bits per heavy atom. The van der Waals surface area contributed by atoms with Crippen LogP contribution in [0.1, 0.15) is 17.4 Å². The summed E-state index contributed by atoms with van der Waals surface area (Å²) >= 11 is 0. The van der Waals surface area contributed by atoms with Gasteiger partial charge in [0.15, 0.2) is 0 Å². The van der Waals surface area contributed by atoms with Crippen molar-refractivity contribution in [2.45, 2.75) is 6.92 Å². The summed E-state index contributed by atoms with van der Waals surface area (Å²) in [7, 11) is 0. The van der Waals surface area contributed by atoms with Gasteiger partial charge in [0.25, 0.3) is 5.91 Å². The van der Waals surface area contributed by atoms with Crippen molar-refractivity contribution in [2.75, 3.05) is 32.8 Å². The third-order valence-corrected chi connectivity index (χ3v) is 5.17. The predicted molar refractivity (Wildman–Crippen MR) is 113 cm³/mol. The van der Waals surface area contributed by atoms with Gasteiger partial charge in [-0.3, -0.25) is 4.79 Å². The highest BCUT2D eigenvalue weighted by Crippen LogP contribution is 2.25. The lowest BCUT2D eigenvalue weighted by atomic mass is 10.1. The molecule has 1 aliphatic rings. The minimum Gasteiger partial charge on any atom is -0.450 e. The van der Waals surface area contributed by atoms with Gasteiger partial charge < -0.3 is 14.5 Å². The van der Waals surface area contributed by atoms with E-state index in [0.29, 0.717) is 55.4 Å². The zero-order valence-electron chi connectivity index (χ0n) is 17.2. The first kappa shape index (κ1) is 20.6. The molecular weight excluding hydrogens is 399 g/mol. The maximum Gasteiger partial charge on any atom is 0.409 e. The van der Waals surface area contributed by atoms with Crippen molar-refractivity contribution in [3.8, 4) is 16.9 Å². The number of rotatable bonds is 4. The molecule has 160 valence electrons. The van der Waals surface area contributed by atoms with Gasteiger partial charge in [0, 0.05) is 31.7 Å². The number of hydrogen-bond donors (Lipinski definition) is 0. The summed E-state index contributed by atoms with van der Waals surface area (Å²) in [6.45, 7) is 3.62. The predicted octanol–water partition coefficient (Wildman–Crippen LogP) is 3.59. The number of carbonyl (C=O) groups is 2. The highest BCUT2D eigenvalue weighted by Gasteiger charge is 2.28. The molecule has 3 aromatic rings. The van der Waals surface area contributed by atoms with Gasteiger partial charge in [-0.1, -0.05) is 30.3 Å². The van der Waals surface area contributed by atoms with Crippen LogP contribution >= 0.6 is 0 Å². The summed E-state index contributed by atoms with van der Waals surface area (Å²) in [6.07, 6.45) is -0.370. The third-order valence-electron chi connectivity index (χ3n) is 5.17. The molecule has 8 heteroatoms. The molecule has 0 atom stereocenters. The summed E-state index contributed by atoms with van der Waals surface area (Å²) in [5, 5.41) is 4.54. The highest BCUT2D eigenvalue weighted by atomic mass is 19.1. The Morgan fingerprint density at radius 2 is 1.61 bits per heavy atom. The first-order valence-corrected chi connectivity index (χ1v) is 10.2. The molecule has 1 fully saturated rings. The summed E-state index contributed by atoms with van der Waals surface area (Å²) < 4.78 is 20.9. The molecule has 0 aliphatic carbocycles. The Kier molecular flexibility index (Phi) is 5.97. The number of carbonyl (C=O) groups excluding carboxylic acids is 2. The first-order valence-electron chi connectivity index (χ1n) is 10.2. The number of hydrogen-bond acceptors (Lipinski definition) is 4. The minimum atomic E-state index is -0.401. The van der Waals surface area contributed by atoms with Crippen molar-refractivity contribution in [3.63, 3.8) is 0 Å². The number of amides is 2. The Labute approximate surface area is 179 Å². The van der Waals surface area contributed by atoms with Crippen molar-refractivity contribution in [1.29, 1.82) is 0 Å². The number of nitrogens with zero attached hydrogens (tertiary/aromatic N) is 4. The minimum absolute atomic E-state index is 0.220. The lowest BCUT2D eigenvalue weighted by molar-refractivity contribution is 0.0563. The van der Waals surface area contributed by atoms with Gasteiger partial charge >= 0.3 is 6.09 Å². The summed E-state index contributed by atoms with van der Waals surface area (Å²) in [5.74, 6) is -0.621. The van der Waals surface area contributed by atoms with Crippen molar-refractivity contribution >= 4 is 12.0 Å². The maximum atomic E-state index is 14.4. The number of benzene rings is 2. The zero-order chi connectivity index (χ0) is 21.8. The molecule has 1 aromatic heterocycles. The number of para-hydroxylation sites is 1. The zero-order valence-corrected chi connectivity index (χ0v) is 17.2. The number of ether oxygens (including phenoxy) is 1. The molecule has 0 saturated carbocycles. The van der Waals surface area contributed by atoms with Gasteiger partial charge in [-0.25, -0.2) is 13.9 Å². The van der Waals surface area contributed by atoms with Crippen LogP contribution in [-0.2, 0) is 4.74 Å². The average Bonchev–Trinajstić information content (AvgIpc) is 3.25. The van der Waals surface area contributed by atoms with Gasteiger partial charge in [-0.05, 0) is 37.3 Å². The lowest BCUT2D eigenvalue weighted by Crippen LogP contribution is -2.51. The molecule has 31 heavy (non-hydrogen) atoms. The van der Waals surface area contributed by atoms with Crippen LogP contribution in [0.3, 0.4) is 0 Å². The monoisotopic (exact) mass is 422 g/mol. The highest BCUT2D eigenvalue weighted by molar-refractivity contribution is 5.94. The molecular formula is C23H23FN4O3. The van der Waals surface area contributed by atoms with Crippen LogP contribution in [0.25, 0.3) is 16.9 Å². The van der Waals surface area contributed by atoms with E-state index >= 15 is 0 Å². The van der Waals surface area contributed by atoms with E-state index < -0.39 is 5.82 Å². The normalized spacial score (nSPS) is 13.9. The average molecular weight is 422 g/mol. The van der Waals surface area contributed by atoms with Crippen LogP contribution < -0.4 is 0 Å². The number of halogens is 1. The van der Waals surface area contributed by atoms with E-state index in [9.17, 15) is 14.0 Å². The molecule has 1 saturated heterocycles. The smallest absolute Gasteiger partial charge is 0.409 e. The van der Waals surface area contributed by atoms with Gasteiger partial charge in [-0.15, -0.1) is 0 Å². The molecule has 0 bridgehead atoms. The Hall–Kier alpha value is -3.68. The molecule has 4 rings (SSSR count). The van der Waals surface area contributed by atoms with E-state index in [-0.39, 0.29) is 12.0 Å². The molecule has 2 aromatic carbocycles. The Morgan fingerprint density at radius 1 is 0.968 bits per heavy atom. The van der Waals surface area contributed by atoms with Crippen molar-refractivity contribution in [3.05, 3.63) is 72.2 Å². The second-order valence-electron chi connectivity index (χ2n) is 7.12. The Balaban J connectivity index is 1.63. The molecule has 0 spiro atoms. The van der Waals surface area contributed by atoms with E-state index in [1.54, 1.807) is 45.7 Å². The summed E-state index contributed by atoms with van der Waals surface area (Å²) in [6, 6.07) is 17.2. The SMILES string of the molecule is CCOC(=O)N1CCN(C(=O)c2cc(-c3ccccc3F)nn2-c2ccccc2)CC1. The standard InChI is InChI=1S/C23H23FN4O3/c1-2-31-23(30)27-14-12-26(13-15-27)22(29)21-16-20(18-10-6-7-11-19(18)24)25-28(21)17-8-4-3-5-9-17/h3-11,16H,2,12-15H2,1H3. The fourth-order valence-corrected chi connectivity index (χ4v) is 3.57. The van der Waals surface area contributed by atoms with Crippen LogP contribution in [-0.4, -0.2) is 64.4 Å². The maximum absolute atomic E-state index is 14.4. The van der Waals surface area contributed by atoms with E-state index in [1.807, 2.05) is 30.3 Å². The fraction of sp³-hybridized carbons (Fsp3) is 0.261. The third kappa shape index (κ3) is 4.28. The van der Waals surface area contributed by atoms with Crippen LogP contribution in [0.5, 0.6) is 0 Å². The van der Waals surface area contributed by atoms with E-state index in [1.165, 1.54) is 6.07 Å². The quantitative estimate of drug-likeness (QED) is 0.644. The number of aromatic nitrogens is 2. The Bertz CT molecular complexity index is 1080. The van der Waals surface area contributed by atoms with Gasteiger partial charge in [0.1, 0.15) is 11.5 Å². The van der Waals surface area contributed by atoms with Crippen molar-refractivity contribution in [1.82, 2.24) is 19.6 Å². The molecule has 0 radical (unpaired) electrons. The van der Waals surface area contributed by atoms with Crippen LogP contribution in [0.4, 0.5) is 9.18 Å². The molecule has 1 aliphatic heterocycles. The largest absolute Gasteiger partial charge is 0.450 e. The van der Waals surface area contributed by atoms with Crippen LogP contribution in [0.2, 0.25) is 0 Å². The summed E-state index contributed by atoms with van der Waals surface area (Å²) in [5.41, 5.74) is 1.77. The lowest BCUT2D eigenvalue weighted by Gasteiger charge is -2.34. The first-order chi connectivity index (χ1) is 15.1. The van der Waals surface area contributed by atoms with Gasteiger partial charge in [0.05, 0.1) is 18.0 Å². The molecule has 2 heterocycles. The van der Waals surface area contributed by atoms with Crippen LogP contribution in [0.15, 0.2) is 60.7 Å².